The fourth-order valence-corrected chi connectivity index (χ4v) is 1.89. The lowest BCUT2D eigenvalue weighted by molar-refractivity contribution is -0.118. The van der Waals surface area contributed by atoms with Gasteiger partial charge in [0.25, 0.3) is 0 Å². The number of hydrogen-bond acceptors (Lipinski definition) is 2. The van der Waals surface area contributed by atoms with Crippen molar-refractivity contribution >= 4 is 5.78 Å². The SMILES string of the molecule is CCC(=O)CCCC1CCCCN1. The molecule has 0 aromatic heterocycles. The van der Waals surface area contributed by atoms with Gasteiger partial charge in [-0.1, -0.05) is 13.3 Å². The molecule has 2 nitrogen and oxygen atoms in total. The van der Waals surface area contributed by atoms with Gasteiger partial charge in [0.05, 0.1) is 0 Å². The van der Waals surface area contributed by atoms with Gasteiger partial charge in [-0.15, -0.1) is 0 Å². The molecule has 0 bridgehead atoms. The van der Waals surface area contributed by atoms with E-state index >= 15 is 0 Å². The van der Waals surface area contributed by atoms with E-state index in [0.717, 1.165) is 12.8 Å². The molecule has 0 radical (unpaired) electrons. The topological polar surface area (TPSA) is 29.1 Å². The highest BCUT2D eigenvalue weighted by molar-refractivity contribution is 5.77. The van der Waals surface area contributed by atoms with Gasteiger partial charge < -0.3 is 5.32 Å². The lowest BCUT2D eigenvalue weighted by atomic mass is 9.99. The Labute approximate surface area is 81.1 Å². The van der Waals surface area contributed by atoms with E-state index in [1.807, 2.05) is 6.92 Å². The smallest absolute Gasteiger partial charge is 0.132 e. The van der Waals surface area contributed by atoms with Crippen molar-refractivity contribution in [3.8, 4) is 0 Å². The minimum absolute atomic E-state index is 0.413. The lowest BCUT2D eigenvalue weighted by Crippen LogP contribution is -2.33. The largest absolute Gasteiger partial charge is 0.314 e. The first-order valence-corrected chi connectivity index (χ1v) is 5.58. The van der Waals surface area contributed by atoms with E-state index in [2.05, 4.69) is 5.32 Å². The highest BCUT2D eigenvalue weighted by atomic mass is 16.1. The first-order valence-electron chi connectivity index (χ1n) is 5.58. The van der Waals surface area contributed by atoms with Crippen LogP contribution in [0.3, 0.4) is 0 Å². The minimum Gasteiger partial charge on any atom is -0.314 e. The summed E-state index contributed by atoms with van der Waals surface area (Å²) in [5.74, 6) is 0.413. The van der Waals surface area contributed by atoms with Crippen LogP contribution >= 0.6 is 0 Å². The van der Waals surface area contributed by atoms with Crippen molar-refractivity contribution in [2.75, 3.05) is 6.54 Å². The predicted molar refractivity (Wildman–Crippen MR) is 54.8 cm³/mol. The van der Waals surface area contributed by atoms with Gasteiger partial charge in [-0.3, -0.25) is 4.79 Å². The van der Waals surface area contributed by atoms with Crippen LogP contribution in [0, 0.1) is 0 Å². The first kappa shape index (κ1) is 10.7. The molecule has 1 rings (SSSR count). The van der Waals surface area contributed by atoms with E-state index in [4.69, 9.17) is 0 Å². The van der Waals surface area contributed by atoms with Crippen molar-refractivity contribution in [2.24, 2.45) is 0 Å². The summed E-state index contributed by atoms with van der Waals surface area (Å²) in [4.78, 5) is 11.0. The van der Waals surface area contributed by atoms with Crippen molar-refractivity contribution in [1.82, 2.24) is 5.32 Å². The standard InChI is InChI=1S/C11H21NO/c1-2-11(13)8-5-7-10-6-3-4-9-12-10/h10,12H,2-9H2,1H3. The molecular weight excluding hydrogens is 162 g/mol. The number of hydrogen-bond donors (Lipinski definition) is 1. The van der Waals surface area contributed by atoms with Crippen LogP contribution in [0.4, 0.5) is 0 Å². The fraction of sp³-hybridized carbons (Fsp3) is 0.909. The summed E-state index contributed by atoms with van der Waals surface area (Å²) < 4.78 is 0. The molecule has 0 amide bonds. The van der Waals surface area contributed by atoms with E-state index in [1.54, 1.807) is 0 Å². The van der Waals surface area contributed by atoms with Gasteiger partial charge in [0.2, 0.25) is 0 Å². The molecule has 0 aliphatic carbocycles. The molecule has 1 aliphatic rings. The molecule has 1 aliphatic heterocycles. The minimum atomic E-state index is 0.413. The number of piperidine rings is 1. The van der Waals surface area contributed by atoms with Crippen molar-refractivity contribution in [3.05, 3.63) is 0 Å². The highest BCUT2D eigenvalue weighted by Crippen LogP contribution is 2.13. The second kappa shape index (κ2) is 6.14. The Morgan fingerprint density at radius 3 is 2.92 bits per heavy atom. The summed E-state index contributed by atoms with van der Waals surface area (Å²) >= 11 is 0. The van der Waals surface area contributed by atoms with Crippen LogP contribution in [0.5, 0.6) is 0 Å². The van der Waals surface area contributed by atoms with Crippen LogP contribution in [0.1, 0.15) is 51.9 Å². The molecular formula is C11H21NO. The Bertz CT molecular complexity index is 150. The van der Waals surface area contributed by atoms with Crippen LogP contribution in [0.25, 0.3) is 0 Å². The number of rotatable bonds is 5. The van der Waals surface area contributed by atoms with Gasteiger partial charge in [-0.05, 0) is 32.2 Å². The van der Waals surface area contributed by atoms with E-state index in [0.29, 0.717) is 18.2 Å². The molecule has 1 heterocycles. The molecule has 2 heteroatoms. The van der Waals surface area contributed by atoms with Gasteiger partial charge in [-0.2, -0.15) is 0 Å². The Kier molecular flexibility index (Phi) is 5.06. The van der Waals surface area contributed by atoms with Gasteiger partial charge in [0.15, 0.2) is 0 Å². The second-order valence-electron chi connectivity index (χ2n) is 3.93. The van der Waals surface area contributed by atoms with Crippen LogP contribution < -0.4 is 5.32 Å². The van der Waals surface area contributed by atoms with Gasteiger partial charge in [0, 0.05) is 18.9 Å². The molecule has 0 aromatic carbocycles. The van der Waals surface area contributed by atoms with Gasteiger partial charge >= 0.3 is 0 Å². The number of ketones is 1. The zero-order chi connectivity index (χ0) is 9.52. The number of carbonyl (C=O) groups excluding carboxylic acids is 1. The Hall–Kier alpha value is -0.370. The second-order valence-corrected chi connectivity index (χ2v) is 3.93. The van der Waals surface area contributed by atoms with E-state index < -0.39 is 0 Å². The van der Waals surface area contributed by atoms with Crippen molar-refractivity contribution in [3.63, 3.8) is 0 Å². The average Bonchev–Trinajstić information content (AvgIpc) is 2.19. The molecule has 1 fully saturated rings. The van der Waals surface area contributed by atoms with Gasteiger partial charge in [-0.25, -0.2) is 0 Å². The Morgan fingerprint density at radius 2 is 2.31 bits per heavy atom. The van der Waals surface area contributed by atoms with Gasteiger partial charge in [0.1, 0.15) is 5.78 Å². The normalized spacial score (nSPS) is 23.0. The quantitative estimate of drug-likeness (QED) is 0.708. The zero-order valence-electron chi connectivity index (χ0n) is 8.64. The third kappa shape index (κ3) is 4.41. The number of carbonyl (C=O) groups is 1. The first-order chi connectivity index (χ1) is 6.33. The molecule has 1 N–H and O–H groups in total. The summed E-state index contributed by atoms with van der Waals surface area (Å²) in [6.07, 6.45) is 7.74. The maximum atomic E-state index is 11.0. The summed E-state index contributed by atoms with van der Waals surface area (Å²) in [5, 5.41) is 3.50. The molecule has 1 atom stereocenters. The van der Waals surface area contributed by atoms with E-state index in [1.165, 1.54) is 32.2 Å². The summed E-state index contributed by atoms with van der Waals surface area (Å²) in [5.41, 5.74) is 0. The fourth-order valence-electron chi connectivity index (χ4n) is 1.89. The summed E-state index contributed by atoms with van der Waals surface area (Å²) in [7, 11) is 0. The molecule has 13 heavy (non-hydrogen) atoms. The maximum Gasteiger partial charge on any atom is 0.132 e. The van der Waals surface area contributed by atoms with Crippen LogP contribution in [0.2, 0.25) is 0 Å². The van der Waals surface area contributed by atoms with Crippen molar-refractivity contribution < 1.29 is 4.79 Å². The van der Waals surface area contributed by atoms with Crippen LogP contribution in [0.15, 0.2) is 0 Å². The number of Topliss-reactive ketones (excluding diaryl/α,β-unsaturated/α-hetero) is 1. The lowest BCUT2D eigenvalue weighted by Gasteiger charge is -2.23. The van der Waals surface area contributed by atoms with Crippen molar-refractivity contribution in [2.45, 2.75) is 57.9 Å². The molecule has 0 spiro atoms. The Balaban J connectivity index is 2.01. The molecule has 0 aromatic rings. The monoisotopic (exact) mass is 183 g/mol. The maximum absolute atomic E-state index is 11.0. The predicted octanol–water partition coefficient (Wildman–Crippen LogP) is 2.28. The Morgan fingerprint density at radius 1 is 1.46 bits per heavy atom. The van der Waals surface area contributed by atoms with E-state index in [-0.39, 0.29) is 0 Å². The average molecular weight is 183 g/mol. The molecule has 0 saturated carbocycles. The third-order valence-corrected chi connectivity index (χ3v) is 2.81. The van der Waals surface area contributed by atoms with E-state index in [9.17, 15) is 4.79 Å². The summed E-state index contributed by atoms with van der Waals surface area (Å²) in [6.45, 7) is 3.12. The molecule has 1 unspecified atom stereocenters. The third-order valence-electron chi connectivity index (χ3n) is 2.81. The molecule has 76 valence electrons. The van der Waals surface area contributed by atoms with Crippen LogP contribution in [-0.4, -0.2) is 18.4 Å². The zero-order valence-corrected chi connectivity index (χ0v) is 8.64. The highest BCUT2D eigenvalue weighted by Gasteiger charge is 2.11. The van der Waals surface area contributed by atoms with Crippen LogP contribution in [-0.2, 0) is 4.79 Å². The number of nitrogens with one attached hydrogen (secondary N) is 1. The molecule has 1 saturated heterocycles. The van der Waals surface area contributed by atoms with Crippen molar-refractivity contribution in [1.29, 1.82) is 0 Å². The summed E-state index contributed by atoms with van der Waals surface area (Å²) in [6, 6.07) is 0.693.